The quantitative estimate of drug-likeness (QED) is 0.590. The van der Waals surface area contributed by atoms with Crippen molar-refractivity contribution in [1.29, 1.82) is 0 Å². The van der Waals surface area contributed by atoms with Crippen LogP contribution in [-0.2, 0) is 0 Å². The molecule has 0 aliphatic rings. The van der Waals surface area contributed by atoms with E-state index in [2.05, 4.69) is 6.58 Å². The van der Waals surface area contributed by atoms with E-state index < -0.39 is 0 Å². The molecule has 0 aliphatic carbocycles. The molecule has 2 aromatic carbocycles. The van der Waals surface area contributed by atoms with Crippen molar-refractivity contribution in [3.05, 3.63) is 71.8 Å². The monoisotopic (exact) mass is 294 g/mol. The Morgan fingerprint density at radius 1 is 1.05 bits per heavy atom. The molecule has 2 aromatic rings. The van der Waals surface area contributed by atoms with Gasteiger partial charge in [0.25, 0.3) is 0 Å². The Hall–Kier alpha value is -2.81. The Morgan fingerprint density at radius 2 is 1.77 bits per heavy atom. The molecule has 0 atom stereocenters. The van der Waals surface area contributed by atoms with Gasteiger partial charge in [0, 0.05) is 5.56 Å². The lowest BCUT2D eigenvalue weighted by molar-refractivity contribution is 0.104. The summed E-state index contributed by atoms with van der Waals surface area (Å²) in [5.74, 6) is 1.22. The second-order valence-electron chi connectivity index (χ2n) is 4.60. The largest absolute Gasteiger partial charge is 0.493 e. The van der Waals surface area contributed by atoms with Crippen molar-refractivity contribution in [3.63, 3.8) is 0 Å². The number of hydrogen-bond acceptors (Lipinski definition) is 3. The summed E-state index contributed by atoms with van der Waals surface area (Å²) in [4.78, 5) is 12.3. The minimum Gasteiger partial charge on any atom is -0.493 e. The van der Waals surface area contributed by atoms with Gasteiger partial charge in [0.05, 0.1) is 14.2 Å². The fourth-order valence-electron chi connectivity index (χ4n) is 2.12. The van der Waals surface area contributed by atoms with Crippen LogP contribution in [0.1, 0.15) is 21.5 Å². The lowest BCUT2D eigenvalue weighted by Gasteiger charge is -2.07. The van der Waals surface area contributed by atoms with Gasteiger partial charge in [-0.25, -0.2) is 0 Å². The van der Waals surface area contributed by atoms with Crippen LogP contribution in [0.15, 0.2) is 55.1 Å². The van der Waals surface area contributed by atoms with Crippen LogP contribution in [0.2, 0.25) is 0 Å². The van der Waals surface area contributed by atoms with E-state index in [1.165, 1.54) is 0 Å². The number of allylic oxidation sites excluding steroid dienone is 1. The number of carbonyl (C=O) groups excluding carboxylic acids is 1. The van der Waals surface area contributed by atoms with E-state index in [1.54, 1.807) is 44.6 Å². The molecule has 0 amide bonds. The maximum absolute atomic E-state index is 12.3. The first-order valence-electron chi connectivity index (χ1n) is 6.85. The Morgan fingerprint density at radius 3 is 2.45 bits per heavy atom. The fraction of sp³-hybridized carbons (Fsp3) is 0.105. The van der Waals surface area contributed by atoms with Crippen molar-refractivity contribution in [2.45, 2.75) is 0 Å². The summed E-state index contributed by atoms with van der Waals surface area (Å²) in [5, 5.41) is 0. The molecule has 3 heteroatoms. The summed E-state index contributed by atoms with van der Waals surface area (Å²) in [5.41, 5.74) is 2.32. The highest BCUT2D eigenvalue weighted by Crippen LogP contribution is 2.28. The third-order valence-corrected chi connectivity index (χ3v) is 3.28. The van der Waals surface area contributed by atoms with Gasteiger partial charge >= 0.3 is 0 Å². The molecule has 0 radical (unpaired) electrons. The summed E-state index contributed by atoms with van der Waals surface area (Å²) >= 11 is 0. The number of ether oxygens (including phenoxy) is 2. The summed E-state index contributed by atoms with van der Waals surface area (Å²) in [6, 6.07) is 12.9. The highest BCUT2D eigenvalue weighted by Gasteiger charge is 2.06. The number of benzene rings is 2. The van der Waals surface area contributed by atoms with Crippen LogP contribution in [0.3, 0.4) is 0 Å². The van der Waals surface area contributed by atoms with Gasteiger partial charge in [-0.05, 0) is 29.3 Å². The molecule has 0 heterocycles. The van der Waals surface area contributed by atoms with Gasteiger partial charge in [-0.15, -0.1) is 0 Å². The predicted molar refractivity (Wildman–Crippen MR) is 89.4 cm³/mol. The predicted octanol–water partition coefficient (Wildman–Crippen LogP) is 4.24. The Balaban J connectivity index is 2.24. The molecule has 0 bridgehead atoms. The van der Waals surface area contributed by atoms with Crippen molar-refractivity contribution in [2.24, 2.45) is 0 Å². The average molecular weight is 294 g/mol. The van der Waals surface area contributed by atoms with Crippen LogP contribution >= 0.6 is 0 Å². The zero-order valence-electron chi connectivity index (χ0n) is 12.7. The first kappa shape index (κ1) is 15.6. The molecule has 0 saturated heterocycles. The van der Waals surface area contributed by atoms with Gasteiger partial charge in [0.1, 0.15) is 0 Å². The molecule has 2 rings (SSSR count). The molecule has 0 spiro atoms. The van der Waals surface area contributed by atoms with Gasteiger partial charge in [-0.1, -0.05) is 49.1 Å². The third kappa shape index (κ3) is 3.44. The molecule has 0 aliphatic heterocycles. The van der Waals surface area contributed by atoms with Crippen LogP contribution < -0.4 is 9.47 Å². The van der Waals surface area contributed by atoms with E-state index in [4.69, 9.17) is 9.47 Å². The molecular weight excluding hydrogens is 276 g/mol. The molecule has 0 saturated carbocycles. The van der Waals surface area contributed by atoms with Crippen LogP contribution in [0, 0.1) is 0 Å². The second-order valence-corrected chi connectivity index (χ2v) is 4.60. The topological polar surface area (TPSA) is 35.5 Å². The van der Waals surface area contributed by atoms with E-state index in [9.17, 15) is 4.79 Å². The van der Waals surface area contributed by atoms with Crippen LogP contribution in [-0.4, -0.2) is 20.0 Å². The lowest BCUT2D eigenvalue weighted by Crippen LogP contribution is -1.97. The lowest BCUT2D eigenvalue weighted by atomic mass is 10.0. The van der Waals surface area contributed by atoms with Gasteiger partial charge < -0.3 is 9.47 Å². The number of hydrogen-bond donors (Lipinski definition) is 0. The van der Waals surface area contributed by atoms with Crippen LogP contribution in [0.5, 0.6) is 11.5 Å². The van der Waals surface area contributed by atoms with Gasteiger partial charge in [0.15, 0.2) is 17.3 Å². The Kier molecular flexibility index (Phi) is 5.15. The number of ketones is 1. The molecule has 112 valence electrons. The Bertz CT molecular complexity index is 714. The van der Waals surface area contributed by atoms with Crippen LogP contribution in [0.4, 0.5) is 0 Å². The minimum atomic E-state index is -0.0646. The standard InChI is InChI=1S/C19H18O3/c1-4-15-7-5-6-8-16(15)17(20)11-9-14-10-12-18(21-2)19(13-14)22-3/h4-13H,1H2,2-3H3. The normalized spacial score (nSPS) is 10.5. The summed E-state index contributed by atoms with van der Waals surface area (Å²) in [6.07, 6.45) is 4.98. The molecule has 0 fully saturated rings. The zero-order valence-corrected chi connectivity index (χ0v) is 12.7. The number of rotatable bonds is 6. The summed E-state index contributed by atoms with van der Waals surface area (Å²) in [7, 11) is 3.17. The van der Waals surface area contributed by atoms with Crippen LogP contribution in [0.25, 0.3) is 12.2 Å². The van der Waals surface area contributed by atoms with E-state index in [1.807, 2.05) is 30.3 Å². The summed E-state index contributed by atoms with van der Waals surface area (Å²) in [6.45, 7) is 3.73. The van der Waals surface area contributed by atoms with Gasteiger partial charge in [-0.3, -0.25) is 4.79 Å². The van der Waals surface area contributed by atoms with Crippen molar-refractivity contribution in [1.82, 2.24) is 0 Å². The maximum atomic E-state index is 12.3. The average Bonchev–Trinajstić information content (AvgIpc) is 2.59. The first-order valence-corrected chi connectivity index (χ1v) is 6.85. The third-order valence-electron chi connectivity index (χ3n) is 3.28. The van der Waals surface area contributed by atoms with E-state index >= 15 is 0 Å². The zero-order chi connectivity index (χ0) is 15.9. The van der Waals surface area contributed by atoms with Gasteiger partial charge in [-0.2, -0.15) is 0 Å². The van der Waals surface area contributed by atoms with Crippen molar-refractivity contribution in [2.75, 3.05) is 14.2 Å². The highest BCUT2D eigenvalue weighted by molar-refractivity contribution is 6.08. The smallest absolute Gasteiger partial charge is 0.186 e. The summed E-state index contributed by atoms with van der Waals surface area (Å²) < 4.78 is 10.4. The molecule has 3 nitrogen and oxygen atoms in total. The first-order chi connectivity index (χ1) is 10.7. The molecule has 0 aromatic heterocycles. The maximum Gasteiger partial charge on any atom is 0.186 e. The van der Waals surface area contributed by atoms with Crippen molar-refractivity contribution in [3.8, 4) is 11.5 Å². The van der Waals surface area contributed by atoms with E-state index in [-0.39, 0.29) is 5.78 Å². The second kappa shape index (κ2) is 7.27. The van der Waals surface area contributed by atoms with Crippen molar-refractivity contribution >= 4 is 17.9 Å². The minimum absolute atomic E-state index is 0.0646. The molecule has 22 heavy (non-hydrogen) atoms. The van der Waals surface area contributed by atoms with E-state index in [0.29, 0.717) is 17.1 Å². The molecule has 0 N–H and O–H groups in total. The van der Waals surface area contributed by atoms with E-state index in [0.717, 1.165) is 11.1 Å². The highest BCUT2D eigenvalue weighted by atomic mass is 16.5. The SMILES string of the molecule is C=Cc1ccccc1C(=O)C=Cc1ccc(OC)c(OC)c1. The van der Waals surface area contributed by atoms with Gasteiger partial charge in [0.2, 0.25) is 0 Å². The molecule has 0 unspecified atom stereocenters. The fourth-order valence-corrected chi connectivity index (χ4v) is 2.12. The Labute approximate surface area is 130 Å². The van der Waals surface area contributed by atoms with Crippen molar-refractivity contribution < 1.29 is 14.3 Å². The molecular formula is C19H18O3. The number of carbonyl (C=O) groups is 1. The number of methoxy groups -OCH3 is 2.